The minimum absolute atomic E-state index is 0. The second-order valence-electron chi connectivity index (χ2n) is 0. The van der Waals surface area contributed by atoms with Crippen LogP contribution in [0.5, 0.6) is 0 Å². The van der Waals surface area contributed by atoms with Crippen LogP contribution in [0.25, 0.3) is 0 Å². The first-order valence-corrected chi connectivity index (χ1v) is 0. The summed E-state index contributed by atoms with van der Waals surface area (Å²) >= 11 is 0. The van der Waals surface area contributed by atoms with E-state index in [2.05, 4.69) is 0 Å². The van der Waals surface area contributed by atoms with Crippen LogP contribution in [0.2, 0.25) is 0 Å². The zero-order valence-corrected chi connectivity index (χ0v) is 3.66. The molecule has 0 fully saturated rings. The summed E-state index contributed by atoms with van der Waals surface area (Å²) in [6, 6.07) is 0. The van der Waals surface area contributed by atoms with Gasteiger partial charge in [0.1, 0.15) is 0 Å². The molecule has 6 heteroatoms. The molecule has 0 aliphatic rings. The van der Waals surface area contributed by atoms with Crippen molar-refractivity contribution in [2.75, 3.05) is 0 Å². The first kappa shape index (κ1) is 62.6. The maximum Gasteiger partial charge on any atom is 0.316 e. The smallest absolute Gasteiger partial charge is 0.0149 e. The van der Waals surface area contributed by atoms with E-state index in [1.807, 2.05) is 0 Å². The Hall–Kier alpha value is 3.07. The first-order chi connectivity index (χ1) is 0. The van der Waals surface area contributed by atoms with Crippen molar-refractivity contribution in [2.45, 2.75) is 0 Å². The van der Waals surface area contributed by atoms with Crippen LogP contribution in [0, 0.1) is 0 Å². The monoisotopic (exact) mass is 207 g/mol. The Bertz CT molecular complexity index is 15.5. The van der Waals surface area contributed by atoms with Crippen molar-refractivity contribution in [2.24, 2.45) is 0 Å². The van der Waals surface area contributed by atoms with Crippen molar-refractivity contribution in [1.82, 2.24) is 6.15 Å². The van der Waals surface area contributed by atoms with E-state index in [1.165, 1.54) is 0 Å². The molecule has 0 aromatic rings. The van der Waals surface area contributed by atoms with Gasteiger partial charge in [-0.3, -0.25) is 0 Å². The fourth-order valence-corrected chi connectivity index (χ4v) is 0. The Labute approximate surface area is 106 Å². The average molecular weight is 207 g/mol. The van der Waals surface area contributed by atoms with Gasteiger partial charge in [-0.25, -0.2) is 0 Å². The van der Waals surface area contributed by atoms with Gasteiger partial charge in [0.15, 0.2) is 0 Å². The van der Waals surface area contributed by atoms with Crippen molar-refractivity contribution in [1.29, 1.82) is 0 Å². The van der Waals surface area contributed by atoms with Crippen LogP contribution in [0.3, 0.4) is 0 Å². The molecule has 0 bridgehead atoms. The van der Waals surface area contributed by atoms with Crippen LogP contribution in [0.4, 0.5) is 0 Å². The van der Waals surface area contributed by atoms with Crippen molar-refractivity contribution in [3.63, 3.8) is 0 Å². The van der Waals surface area contributed by atoms with Gasteiger partial charge in [0, 0.05) is 17.1 Å². The minimum Gasteiger partial charge on any atom is -0.0149 e. The summed E-state index contributed by atoms with van der Waals surface area (Å²) in [7, 11) is 0. The molecule has 0 saturated carbocycles. The third-order valence-corrected chi connectivity index (χ3v) is 0. The third kappa shape index (κ3) is 27.6. The first-order valence-electron chi connectivity index (χ1n) is 0. The summed E-state index contributed by atoms with van der Waals surface area (Å²) in [6.07, 6.45) is 0. The molecule has 0 aromatic carbocycles. The van der Waals surface area contributed by atoms with Gasteiger partial charge >= 0.3 is 60.8 Å². The largest absolute Gasteiger partial charge is 0.316 e. The molecule has 0 unspecified atom stereocenters. The quantitative estimate of drug-likeness (QED) is 0.422. The second kappa shape index (κ2) is 42.8. The third-order valence-electron chi connectivity index (χ3n) is 0. The van der Waals surface area contributed by atoms with Crippen LogP contribution in [-0.2, 0) is 17.1 Å². The molecule has 0 spiro atoms. The van der Waals surface area contributed by atoms with Crippen molar-refractivity contribution in [3.05, 3.63) is 0 Å². The molecule has 0 aliphatic carbocycles. The van der Waals surface area contributed by atoms with Crippen molar-refractivity contribution < 1.29 is 17.1 Å². The number of hydrogen-bond acceptors (Lipinski definition) is 1. The molecule has 0 radical (unpaired) electrons. The van der Waals surface area contributed by atoms with Gasteiger partial charge in [-0.2, -0.15) is 13.5 Å². The van der Waals surface area contributed by atoms with E-state index in [0.29, 0.717) is 0 Å². The van der Waals surface area contributed by atoms with Crippen molar-refractivity contribution >= 4 is 85.3 Å². The van der Waals surface area contributed by atoms with Gasteiger partial charge in [0.25, 0.3) is 0 Å². The maximum absolute atomic E-state index is 0. The van der Waals surface area contributed by atoms with Gasteiger partial charge in [0.05, 0.1) is 0 Å². The summed E-state index contributed by atoms with van der Waals surface area (Å²) in [5.41, 5.74) is 0. The van der Waals surface area contributed by atoms with Gasteiger partial charge < -0.3 is 6.15 Å². The van der Waals surface area contributed by atoms with E-state index in [0.717, 1.165) is 0 Å². The van der Waals surface area contributed by atoms with E-state index >= 15 is 0 Å². The molecular formula is H13CaFeMgNSSi. The van der Waals surface area contributed by atoms with E-state index in [4.69, 9.17) is 0 Å². The van der Waals surface area contributed by atoms with Crippen LogP contribution in [0.15, 0.2) is 0 Å². The number of rotatable bonds is 0. The molecule has 0 rings (SSSR count). The molecule has 0 atom stereocenters. The molecule has 0 heterocycles. The number of hydrogen-bond donors (Lipinski definition) is 1. The summed E-state index contributed by atoms with van der Waals surface area (Å²) in [5.74, 6) is 0. The summed E-state index contributed by atoms with van der Waals surface area (Å²) in [4.78, 5) is 0. The SMILES string of the molecule is N.S.[CaH2].[Fe].[MgH2].[SiH4]. The zero-order valence-electron chi connectivity index (χ0n) is 1.56. The molecule has 3 N–H and O–H groups in total. The van der Waals surface area contributed by atoms with Gasteiger partial charge in [-0.1, -0.05) is 0 Å². The van der Waals surface area contributed by atoms with Crippen molar-refractivity contribution in [3.8, 4) is 0 Å². The molecular weight excluding hydrogens is 194 g/mol. The second-order valence-corrected chi connectivity index (χ2v) is 0. The Kier molecular flexibility index (Phi) is 446. The molecule has 1 nitrogen and oxygen atoms in total. The molecule has 0 aromatic heterocycles. The average Bonchev–Trinajstić information content (AvgIpc) is 0. The van der Waals surface area contributed by atoms with Crippen LogP contribution < -0.4 is 6.15 Å². The maximum atomic E-state index is 0. The van der Waals surface area contributed by atoms with E-state index in [1.54, 1.807) is 0 Å². The Morgan fingerprint density at radius 1 is 1.00 bits per heavy atom. The van der Waals surface area contributed by atoms with E-state index < -0.39 is 0 Å². The normalized spacial score (nSPS) is 0. The zero-order chi connectivity index (χ0) is 0. The van der Waals surface area contributed by atoms with Crippen LogP contribution in [-0.4, -0.2) is 71.8 Å². The van der Waals surface area contributed by atoms with Crippen LogP contribution in [0.1, 0.15) is 0 Å². The van der Waals surface area contributed by atoms with Gasteiger partial charge in [-0.15, -0.1) is 0 Å². The topological polar surface area (TPSA) is 35.0 Å². The summed E-state index contributed by atoms with van der Waals surface area (Å²) in [6.45, 7) is 0. The molecule has 0 saturated heterocycles. The Morgan fingerprint density at radius 3 is 1.00 bits per heavy atom. The van der Waals surface area contributed by atoms with Gasteiger partial charge in [-0.05, 0) is 11.0 Å². The van der Waals surface area contributed by atoms with Crippen LogP contribution >= 0.6 is 13.5 Å². The standard InChI is InChI=1S/Ca.Fe.Mg.H3N.H2S.H4Si.4H/h;;;1H3;1H2;1H4;;;;. The molecule has 0 amide bonds. The summed E-state index contributed by atoms with van der Waals surface area (Å²) in [5, 5.41) is 0. The minimum atomic E-state index is 0. The summed E-state index contributed by atoms with van der Waals surface area (Å²) < 4.78 is 0. The predicted molar refractivity (Wildman–Crippen MR) is 43.8 cm³/mol. The molecule has 0 aliphatic heterocycles. The predicted octanol–water partition coefficient (Wildman–Crippen LogP) is -3.01. The molecule has 6 heavy (non-hydrogen) atoms. The fraction of sp³-hybridized carbons (Fsp3) is 0. The Balaban J connectivity index is 0. The van der Waals surface area contributed by atoms with Gasteiger partial charge in [0.2, 0.25) is 0 Å². The Morgan fingerprint density at radius 2 is 1.00 bits per heavy atom. The molecule has 40 valence electrons. The fourth-order valence-electron chi connectivity index (χ4n) is 0. The van der Waals surface area contributed by atoms with E-state index in [-0.39, 0.29) is 108 Å². The van der Waals surface area contributed by atoms with E-state index in [9.17, 15) is 0 Å².